The molecule has 3 N–H and O–H groups in total. The van der Waals surface area contributed by atoms with Gasteiger partial charge < -0.3 is 20.7 Å². The highest BCUT2D eigenvalue weighted by molar-refractivity contribution is 6.04. The van der Waals surface area contributed by atoms with Crippen LogP contribution in [0.25, 0.3) is 0 Å². The molecule has 7 nitrogen and oxygen atoms in total. The van der Waals surface area contributed by atoms with E-state index in [1.807, 2.05) is 0 Å². The molecule has 1 aliphatic heterocycles. The molecule has 0 radical (unpaired) electrons. The van der Waals surface area contributed by atoms with Gasteiger partial charge in [0.05, 0.1) is 13.2 Å². The zero-order valence-electron chi connectivity index (χ0n) is 13.7. The molecule has 130 valence electrons. The third-order valence-electron chi connectivity index (χ3n) is 3.75. The number of amides is 2. The molecule has 2 aromatic rings. The molecule has 0 saturated carbocycles. The Morgan fingerprint density at radius 1 is 1.20 bits per heavy atom. The van der Waals surface area contributed by atoms with Crippen molar-refractivity contribution < 1.29 is 14.3 Å². The highest BCUT2D eigenvalue weighted by Crippen LogP contribution is 2.13. The van der Waals surface area contributed by atoms with Crippen molar-refractivity contribution >= 4 is 23.3 Å². The number of benzene rings is 1. The van der Waals surface area contributed by atoms with Gasteiger partial charge in [0.25, 0.3) is 5.91 Å². The summed E-state index contributed by atoms with van der Waals surface area (Å²) in [5.74, 6) is 0.0766. The Kier molecular flexibility index (Phi) is 5.71. The van der Waals surface area contributed by atoms with Crippen molar-refractivity contribution in [1.82, 2.24) is 10.3 Å². The summed E-state index contributed by atoms with van der Waals surface area (Å²) >= 11 is 0. The lowest BCUT2D eigenvalue weighted by Gasteiger charge is -2.23. The Labute approximate surface area is 145 Å². The van der Waals surface area contributed by atoms with E-state index in [9.17, 15) is 9.59 Å². The van der Waals surface area contributed by atoms with Crippen molar-refractivity contribution in [1.29, 1.82) is 0 Å². The molecule has 0 spiro atoms. The number of aromatic nitrogens is 1. The quantitative estimate of drug-likeness (QED) is 0.770. The van der Waals surface area contributed by atoms with Gasteiger partial charge in [-0.05, 0) is 30.3 Å². The number of anilines is 2. The molecular weight excluding hydrogens is 320 g/mol. The standard InChI is InChI=1S/C18H20N4O3/c23-17(11-15-12-25-9-8-19-15)21-14-5-3-4-13(10-14)18(24)22-16-6-1-2-7-20-16/h1-7,10,15,19H,8-9,11-12H2,(H,21,23)(H,20,22,24). The third kappa shape index (κ3) is 5.10. The molecule has 1 atom stereocenters. The maximum atomic E-state index is 12.3. The lowest BCUT2D eigenvalue weighted by Crippen LogP contribution is -2.43. The SMILES string of the molecule is O=C(CC1COCCN1)Nc1cccc(C(=O)Nc2ccccn2)c1. The first kappa shape index (κ1) is 17.1. The maximum Gasteiger partial charge on any atom is 0.256 e. The largest absolute Gasteiger partial charge is 0.378 e. The minimum Gasteiger partial charge on any atom is -0.378 e. The van der Waals surface area contributed by atoms with E-state index in [-0.39, 0.29) is 17.9 Å². The number of hydrogen-bond acceptors (Lipinski definition) is 5. The van der Waals surface area contributed by atoms with Crippen LogP contribution >= 0.6 is 0 Å². The van der Waals surface area contributed by atoms with Gasteiger partial charge in [-0.25, -0.2) is 4.98 Å². The van der Waals surface area contributed by atoms with Crippen molar-refractivity contribution in [3.63, 3.8) is 0 Å². The van der Waals surface area contributed by atoms with E-state index in [2.05, 4.69) is 20.9 Å². The second-order valence-corrected chi connectivity index (χ2v) is 5.73. The minimum absolute atomic E-state index is 0.0180. The van der Waals surface area contributed by atoms with Crippen LogP contribution < -0.4 is 16.0 Å². The van der Waals surface area contributed by atoms with Crippen LogP contribution in [0.1, 0.15) is 16.8 Å². The number of nitrogens with zero attached hydrogens (tertiary/aromatic N) is 1. The second-order valence-electron chi connectivity index (χ2n) is 5.73. The Bertz CT molecular complexity index is 730. The first-order valence-electron chi connectivity index (χ1n) is 8.14. The van der Waals surface area contributed by atoms with Crippen LogP contribution in [0, 0.1) is 0 Å². The summed E-state index contributed by atoms with van der Waals surface area (Å²) in [6.45, 7) is 1.95. The number of pyridine rings is 1. The van der Waals surface area contributed by atoms with Crippen LogP contribution in [0.15, 0.2) is 48.7 Å². The Morgan fingerprint density at radius 3 is 2.88 bits per heavy atom. The Balaban J connectivity index is 1.58. The normalized spacial score (nSPS) is 16.9. The molecule has 1 aromatic heterocycles. The summed E-state index contributed by atoms with van der Waals surface area (Å²) in [5, 5.41) is 8.77. The van der Waals surface area contributed by atoms with E-state index >= 15 is 0 Å². The predicted octanol–water partition coefficient (Wildman–Crippen LogP) is 1.65. The molecule has 1 aromatic carbocycles. The first-order valence-corrected chi connectivity index (χ1v) is 8.14. The molecular formula is C18H20N4O3. The molecule has 25 heavy (non-hydrogen) atoms. The number of morpholine rings is 1. The van der Waals surface area contributed by atoms with Gasteiger partial charge >= 0.3 is 0 Å². The van der Waals surface area contributed by atoms with Gasteiger partial charge in [-0.3, -0.25) is 9.59 Å². The number of hydrogen-bond donors (Lipinski definition) is 3. The zero-order valence-corrected chi connectivity index (χ0v) is 13.7. The number of nitrogens with one attached hydrogen (secondary N) is 3. The molecule has 7 heteroatoms. The molecule has 3 rings (SSSR count). The van der Waals surface area contributed by atoms with E-state index < -0.39 is 0 Å². The average molecular weight is 340 g/mol. The van der Waals surface area contributed by atoms with Crippen molar-refractivity contribution in [3.05, 3.63) is 54.2 Å². The molecule has 1 fully saturated rings. The van der Waals surface area contributed by atoms with Crippen LogP contribution in [0.5, 0.6) is 0 Å². The minimum atomic E-state index is -0.280. The summed E-state index contributed by atoms with van der Waals surface area (Å²) in [7, 11) is 0. The Morgan fingerprint density at radius 2 is 2.12 bits per heavy atom. The molecule has 2 amide bonds. The fraction of sp³-hybridized carbons (Fsp3) is 0.278. The third-order valence-corrected chi connectivity index (χ3v) is 3.75. The van der Waals surface area contributed by atoms with Gasteiger partial charge in [0.2, 0.25) is 5.91 Å². The zero-order chi connectivity index (χ0) is 17.5. The lowest BCUT2D eigenvalue weighted by atomic mass is 10.1. The summed E-state index contributed by atoms with van der Waals surface area (Å²) in [6, 6.07) is 12.1. The van der Waals surface area contributed by atoms with Gasteiger partial charge in [-0.15, -0.1) is 0 Å². The van der Waals surface area contributed by atoms with E-state index in [0.717, 1.165) is 6.54 Å². The fourth-order valence-electron chi connectivity index (χ4n) is 2.55. The van der Waals surface area contributed by atoms with Crippen LogP contribution in [0.4, 0.5) is 11.5 Å². The van der Waals surface area contributed by atoms with Crippen molar-refractivity contribution in [2.75, 3.05) is 30.4 Å². The summed E-state index contributed by atoms with van der Waals surface area (Å²) in [6.07, 6.45) is 1.93. The molecule has 0 aliphatic carbocycles. The number of rotatable bonds is 5. The topological polar surface area (TPSA) is 92.4 Å². The monoisotopic (exact) mass is 340 g/mol. The lowest BCUT2D eigenvalue weighted by molar-refractivity contribution is -0.117. The van der Waals surface area contributed by atoms with Gasteiger partial charge in [-0.1, -0.05) is 12.1 Å². The molecule has 1 unspecified atom stereocenters. The van der Waals surface area contributed by atoms with Gasteiger partial charge in [-0.2, -0.15) is 0 Å². The average Bonchev–Trinajstić information content (AvgIpc) is 2.63. The Hall–Kier alpha value is -2.77. The number of ether oxygens (including phenoxy) is 1. The highest BCUT2D eigenvalue weighted by atomic mass is 16.5. The van der Waals surface area contributed by atoms with E-state index in [4.69, 9.17) is 4.74 Å². The smallest absolute Gasteiger partial charge is 0.256 e. The van der Waals surface area contributed by atoms with Crippen molar-refractivity contribution in [2.45, 2.75) is 12.5 Å². The number of carbonyl (C=O) groups is 2. The first-order chi connectivity index (χ1) is 12.2. The van der Waals surface area contributed by atoms with Crippen LogP contribution in [0.3, 0.4) is 0 Å². The van der Waals surface area contributed by atoms with Crippen LogP contribution in [-0.4, -0.2) is 42.6 Å². The van der Waals surface area contributed by atoms with Gasteiger partial charge in [0, 0.05) is 36.5 Å². The fourth-order valence-corrected chi connectivity index (χ4v) is 2.55. The van der Waals surface area contributed by atoms with Crippen LogP contribution in [0.2, 0.25) is 0 Å². The molecule has 1 saturated heterocycles. The molecule has 2 heterocycles. The molecule has 1 aliphatic rings. The summed E-state index contributed by atoms with van der Waals surface area (Å²) in [4.78, 5) is 28.5. The predicted molar refractivity (Wildman–Crippen MR) is 94.5 cm³/mol. The maximum absolute atomic E-state index is 12.3. The van der Waals surface area contributed by atoms with Crippen molar-refractivity contribution in [3.8, 4) is 0 Å². The second kappa shape index (κ2) is 8.36. The summed E-state index contributed by atoms with van der Waals surface area (Å²) < 4.78 is 5.34. The van der Waals surface area contributed by atoms with E-state index in [1.165, 1.54) is 0 Å². The van der Waals surface area contributed by atoms with E-state index in [1.54, 1.807) is 48.7 Å². The summed E-state index contributed by atoms with van der Waals surface area (Å²) in [5.41, 5.74) is 1.03. The number of carbonyl (C=O) groups excluding carboxylic acids is 2. The van der Waals surface area contributed by atoms with Crippen LogP contribution in [-0.2, 0) is 9.53 Å². The molecule has 0 bridgehead atoms. The van der Waals surface area contributed by atoms with Gasteiger partial charge in [0.1, 0.15) is 5.82 Å². The van der Waals surface area contributed by atoms with Crippen molar-refractivity contribution in [2.24, 2.45) is 0 Å². The van der Waals surface area contributed by atoms with E-state index in [0.29, 0.717) is 36.7 Å². The van der Waals surface area contributed by atoms with Gasteiger partial charge in [0.15, 0.2) is 0 Å². The highest BCUT2D eigenvalue weighted by Gasteiger charge is 2.17.